The largest absolute Gasteiger partial charge is 0.387 e. The summed E-state index contributed by atoms with van der Waals surface area (Å²) in [6.07, 6.45) is 5.06. The molecule has 2 heteroatoms. The van der Waals surface area contributed by atoms with E-state index in [1.165, 1.54) is 25.7 Å². The molecule has 2 N–H and O–H groups in total. The maximum Gasteiger partial charge on any atom is 0.0994 e. The first-order valence-electron chi connectivity index (χ1n) is 5.73. The number of aliphatic imine (C=N–C) groups is 1. The first-order chi connectivity index (χ1) is 6.39. The highest BCUT2D eigenvalue weighted by Gasteiger charge is 2.21. The quantitative estimate of drug-likeness (QED) is 0.508. The fourth-order valence-corrected chi connectivity index (χ4v) is 1.76. The van der Waals surface area contributed by atoms with Gasteiger partial charge in [-0.15, -0.1) is 0 Å². The molecule has 1 saturated carbocycles. The van der Waals surface area contributed by atoms with Gasteiger partial charge in [0.1, 0.15) is 0 Å². The van der Waals surface area contributed by atoms with Crippen LogP contribution >= 0.6 is 0 Å². The van der Waals surface area contributed by atoms with E-state index >= 15 is 0 Å². The molecule has 0 radical (unpaired) electrons. The Morgan fingerprint density at radius 1 is 1.14 bits per heavy atom. The molecule has 0 aromatic carbocycles. The van der Waals surface area contributed by atoms with E-state index in [4.69, 9.17) is 5.73 Å². The topological polar surface area (TPSA) is 38.4 Å². The highest BCUT2D eigenvalue weighted by molar-refractivity contribution is 5.85. The van der Waals surface area contributed by atoms with E-state index in [2.05, 4.69) is 32.7 Å². The van der Waals surface area contributed by atoms with E-state index in [1.54, 1.807) is 0 Å². The molecular weight excluding hydrogens is 172 g/mol. The fraction of sp³-hybridized carbons (Fsp3) is 0.917. The summed E-state index contributed by atoms with van der Waals surface area (Å²) in [5, 5.41) is 0. The van der Waals surface area contributed by atoms with Gasteiger partial charge in [-0.1, -0.05) is 27.7 Å². The van der Waals surface area contributed by atoms with E-state index in [9.17, 15) is 0 Å². The van der Waals surface area contributed by atoms with Gasteiger partial charge in [-0.3, -0.25) is 4.99 Å². The molecule has 14 heavy (non-hydrogen) atoms. The minimum Gasteiger partial charge on any atom is -0.387 e. The molecule has 0 aliphatic heterocycles. The van der Waals surface area contributed by atoms with Crippen LogP contribution in [0.1, 0.15) is 53.4 Å². The third-order valence-electron chi connectivity index (χ3n) is 3.08. The summed E-state index contributed by atoms with van der Waals surface area (Å²) in [5.41, 5.74) is 6.00. The zero-order valence-corrected chi connectivity index (χ0v) is 10.0. The second kappa shape index (κ2) is 4.33. The Morgan fingerprint density at radius 3 is 2.07 bits per heavy atom. The minimum absolute atomic E-state index is 0.0308. The molecule has 0 saturated heterocycles. The molecule has 1 rings (SSSR count). The van der Waals surface area contributed by atoms with E-state index in [1.807, 2.05) is 0 Å². The van der Waals surface area contributed by atoms with Crippen LogP contribution in [-0.2, 0) is 0 Å². The van der Waals surface area contributed by atoms with E-state index in [-0.39, 0.29) is 5.41 Å². The Labute approximate surface area is 88.0 Å². The third kappa shape index (κ3) is 3.32. The number of amidine groups is 1. The van der Waals surface area contributed by atoms with Gasteiger partial charge >= 0.3 is 0 Å². The third-order valence-corrected chi connectivity index (χ3v) is 3.08. The van der Waals surface area contributed by atoms with Gasteiger partial charge in [0.25, 0.3) is 0 Å². The Morgan fingerprint density at radius 2 is 1.64 bits per heavy atom. The van der Waals surface area contributed by atoms with Crippen molar-refractivity contribution in [1.82, 2.24) is 0 Å². The number of rotatable bonds is 1. The molecule has 0 unspecified atom stereocenters. The second-order valence-electron chi connectivity index (χ2n) is 5.68. The van der Waals surface area contributed by atoms with Crippen molar-refractivity contribution in [2.75, 3.05) is 0 Å². The summed E-state index contributed by atoms with van der Waals surface area (Å²) in [4.78, 5) is 4.64. The Kier molecular flexibility index (Phi) is 3.57. The number of nitrogens with zero attached hydrogens (tertiary/aromatic N) is 1. The molecule has 1 aliphatic carbocycles. The zero-order valence-electron chi connectivity index (χ0n) is 10.0. The Balaban J connectivity index is 2.51. The summed E-state index contributed by atoms with van der Waals surface area (Å²) in [5.74, 6) is 1.70. The number of hydrogen-bond acceptors (Lipinski definition) is 1. The lowest BCUT2D eigenvalue weighted by Crippen LogP contribution is -2.31. The van der Waals surface area contributed by atoms with Crippen molar-refractivity contribution in [2.24, 2.45) is 22.1 Å². The van der Waals surface area contributed by atoms with Crippen molar-refractivity contribution in [3.63, 3.8) is 0 Å². The molecule has 2 nitrogen and oxygen atoms in total. The first kappa shape index (κ1) is 11.5. The average molecular weight is 196 g/mol. The van der Waals surface area contributed by atoms with Crippen molar-refractivity contribution in [3.8, 4) is 0 Å². The van der Waals surface area contributed by atoms with Gasteiger partial charge < -0.3 is 5.73 Å². The molecule has 0 heterocycles. The lowest BCUT2D eigenvalue weighted by molar-refractivity contribution is 0.347. The molecule has 0 aromatic heterocycles. The van der Waals surface area contributed by atoms with Crippen molar-refractivity contribution in [1.29, 1.82) is 0 Å². The van der Waals surface area contributed by atoms with Gasteiger partial charge in [0, 0.05) is 5.41 Å². The van der Waals surface area contributed by atoms with Gasteiger partial charge in [0.05, 0.1) is 11.9 Å². The fourth-order valence-electron chi connectivity index (χ4n) is 1.76. The monoisotopic (exact) mass is 196 g/mol. The number of hydrogen-bond donors (Lipinski definition) is 1. The van der Waals surface area contributed by atoms with Crippen LogP contribution in [0.4, 0.5) is 0 Å². The molecular formula is C12H24N2. The summed E-state index contributed by atoms with van der Waals surface area (Å²) in [6, 6.07) is 0.491. The molecule has 1 fully saturated rings. The van der Waals surface area contributed by atoms with Crippen LogP contribution in [0.15, 0.2) is 4.99 Å². The van der Waals surface area contributed by atoms with E-state index in [0.29, 0.717) is 6.04 Å². The second-order valence-corrected chi connectivity index (χ2v) is 5.68. The van der Waals surface area contributed by atoms with Crippen LogP contribution in [0.25, 0.3) is 0 Å². The van der Waals surface area contributed by atoms with Crippen LogP contribution < -0.4 is 5.73 Å². The van der Waals surface area contributed by atoms with Crippen molar-refractivity contribution in [3.05, 3.63) is 0 Å². The SMILES string of the molecule is CC1CCC(N=C(N)C(C)(C)C)CC1. The summed E-state index contributed by atoms with van der Waals surface area (Å²) in [7, 11) is 0. The van der Waals surface area contributed by atoms with Crippen LogP contribution in [-0.4, -0.2) is 11.9 Å². The smallest absolute Gasteiger partial charge is 0.0994 e. The summed E-state index contributed by atoms with van der Waals surface area (Å²) in [6.45, 7) is 8.69. The van der Waals surface area contributed by atoms with Crippen molar-refractivity contribution in [2.45, 2.75) is 59.4 Å². The lowest BCUT2D eigenvalue weighted by Gasteiger charge is -2.26. The van der Waals surface area contributed by atoms with Gasteiger partial charge in [-0.05, 0) is 31.6 Å². The predicted octanol–water partition coefficient (Wildman–Crippen LogP) is 2.97. The summed E-state index contributed by atoms with van der Waals surface area (Å²) < 4.78 is 0. The zero-order chi connectivity index (χ0) is 10.8. The lowest BCUT2D eigenvalue weighted by atomic mass is 9.87. The highest BCUT2D eigenvalue weighted by Crippen LogP contribution is 2.26. The molecule has 0 atom stereocenters. The van der Waals surface area contributed by atoms with Crippen LogP contribution in [0.2, 0.25) is 0 Å². The molecule has 0 aromatic rings. The normalized spacial score (nSPS) is 30.4. The Bertz CT molecular complexity index is 205. The number of nitrogens with two attached hydrogens (primary N) is 1. The highest BCUT2D eigenvalue weighted by atomic mass is 14.9. The first-order valence-corrected chi connectivity index (χ1v) is 5.73. The maximum absolute atomic E-state index is 5.97. The van der Waals surface area contributed by atoms with E-state index in [0.717, 1.165) is 11.8 Å². The van der Waals surface area contributed by atoms with Gasteiger partial charge in [0.2, 0.25) is 0 Å². The van der Waals surface area contributed by atoms with Crippen molar-refractivity contribution >= 4 is 5.84 Å². The van der Waals surface area contributed by atoms with Crippen LogP contribution in [0, 0.1) is 11.3 Å². The van der Waals surface area contributed by atoms with E-state index < -0.39 is 0 Å². The average Bonchev–Trinajstić information content (AvgIpc) is 2.07. The molecule has 0 amide bonds. The van der Waals surface area contributed by atoms with Crippen LogP contribution in [0.5, 0.6) is 0 Å². The molecule has 1 aliphatic rings. The van der Waals surface area contributed by atoms with Crippen LogP contribution in [0.3, 0.4) is 0 Å². The van der Waals surface area contributed by atoms with Gasteiger partial charge in [-0.25, -0.2) is 0 Å². The standard InChI is InChI=1S/C12H24N2/c1-9-5-7-10(8-6-9)14-11(13)12(2,3)4/h9-10H,5-8H2,1-4H3,(H2,13,14). The summed E-state index contributed by atoms with van der Waals surface area (Å²) >= 11 is 0. The molecule has 0 bridgehead atoms. The van der Waals surface area contributed by atoms with Gasteiger partial charge in [-0.2, -0.15) is 0 Å². The molecule has 0 spiro atoms. The van der Waals surface area contributed by atoms with Gasteiger partial charge in [0.15, 0.2) is 0 Å². The predicted molar refractivity (Wildman–Crippen MR) is 62.5 cm³/mol. The Hall–Kier alpha value is -0.530. The van der Waals surface area contributed by atoms with Crippen molar-refractivity contribution < 1.29 is 0 Å². The minimum atomic E-state index is 0.0308. The maximum atomic E-state index is 5.97. The molecule has 82 valence electrons.